The first-order valence-corrected chi connectivity index (χ1v) is 13.0. The van der Waals surface area contributed by atoms with E-state index in [2.05, 4.69) is 62.4 Å². The quantitative estimate of drug-likeness (QED) is 0.165. The van der Waals surface area contributed by atoms with Crippen molar-refractivity contribution in [3.05, 3.63) is 48.5 Å². The highest BCUT2D eigenvalue weighted by atomic mass is 16.5. The fourth-order valence-electron chi connectivity index (χ4n) is 4.35. The molecule has 0 saturated carbocycles. The smallest absolute Gasteiger partial charge is 0.168 e. The van der Waals surface area contributed by atoms with Crippen molar-refractivity contribution >= 4 is 21.5 Å². The summed E-state index contributed by atoms with van der Waals surface area (Å²) in [6.07, 6.45) is 15.2. The van der Waals surface area contributed by atoms with Crippen LogP contribution in [-0.4, -0.2) is 13.2 Å². The molecule has 0 amide bonds. The van der Waals surface area contributed by atoms with E-state index in [-0.39, 0.29) is 0 Å². The van der Waals surface area contributed by atoms with Crippen LogP contribution in [0.4, 0.5) is 0 Å². The van der Waals surface area contributed by atoms with Crippen molar-refractivity contribution in [2.45, 2.75) is 90.9 Å². The highest BCUT2D eigenvalue weighted by Gasteiger charge is 2.12. The van der Waals surface area contributed by atoms with Crippen LogP contribution >= 0.6 is 0 Å². The van der Waals surface area contributed by atoms with E-state index in [0.717, 1.165) is 42.9 Å². The number of unbranched alkanes of at least 4 members (excludes halogenated alkanes) is 10. The third kappa shape index (κ3) is 7.43. The van der Waals surface area contributed by atoms with Crippen molar-refractivity contribution in [2.75, 3.05) is 13.2 Å². The van der Waals surface area contributed by atoms with Gasteiger partial charge in [-0.1, -0.05) is 108 Å². The fraction of sp³-hybridized carbons (Fsp3) is 0.533. The predicted octanol–water partition coefficient (Wildman–Crippen LogP) is 9.47. The van der Waals surface area contributed by atoms with Crippen molar-refractivity contribution in [1.82, 2.24) is 0 Å². The largest absolute Gasteiger partial charge is 0.490 e. The molecule has 0 atom stereocenters. The molecule has 0 aliphatic heterocycles. The van der Waals surface area contributed by atoms with Crippen LogP contribution in [0, 0.1) is 0 Å². The number of hydrogen-bond acceptors (Lipinski definition) is 2. The Morgan fingerprint density at radius 1 is 0.531 bits per heavy atom. The molecule has 3 aromatic carbocycles. The maximum atomic E-state index is 6.39. The summed E-state index contributed by atoms with van der Waals surface area (Å²) in [5, 5.41) is 4.89. The second kappa shape index (κ2) is 14.0. The highest BCUT2D eigenvalue weighted by molar-refractivity contribution is 6.01. The standard InChI is InChI=1S/C30H42O2/c1-3-5-7-9-11-15-21-31-29-20-19-27-23-25-17-13-14-18-26(25)24-28(27)30(29)32-22-16-12-10-8-6-4-2/h13-14,17-20,23-24H,3-12,15-16,21-22H2,1-2H3. The van der Waals surface area contributed by atoms with E-state index >= 15 is 0 Å². The number of hydrogen-bond donors (Lipinski definition) is 0. The zero-order valence-corrected chi connectivity index (χ0v) is 20.3. The topological polar surface area (TPSA) is 18.5 Å². The second-order valence-electron chi connectivity index (χ2n) is 9.05. The van der Waals surface area contributed by atoms with Crippen molar-refractivity contribution in [3.8, 4) is 11.5 Å². The Labute approximate surface area is 195 Å². The molecule has 2 nitrogen and oxygen atoms in total. The summed E-state index contributed by atoms with van der Waals surface area (Å²) in [6.45, 7) is 6.04. The normalized spacial score (nSPS) is 11.3. The van der Waals surface area contributed by atoms with E-state index in [1.807, 2.05) is 0 Å². The molecule has 0 bridgehead atoms. The average molecular weight is 435 g/mol. The molecular weight excluding hydrogens is 392 g/mol. The Kier molecular flexibility index (Phi) is 10.7. The molecule has 2 heteroatoms. The van der Waals surface area contributed by atoms with Gasteiger partial charge in [0.1, 0.15) is 0 Å². The van der Waals surface area contributed by atoms with E-state index in [1.54, 1.807) is 0 Å². The minimum atomic E-state index is 0.755. The maximum absolute atomic E-state index is 6.39. The lowest BCUT2D eigenvalue weighted by Gasteiger charge is -2.16. The summed E-state index contributed by atoms with van der Waals surface area (Å²) in [5.74, 6) is 1.82. The van der Waals surface area contributed by atoms with E-state index in [9.17, 15) is 0 Å². The van der Waals surface area contributed by atoms with Gasteiger partial charge in [-0.15, -0.1) is 0 Å². The van der Waals surface area contributed by atoms with E-state index in [4.69, 9.17) is 9.47 Å². The van der Waals surface area contributed by atoms with E-state index < -0.39 is 0 Å². The van der Waals surface area contributed by atoms with Crippen LogP contribution in [0.2, 0.25) is 0 Å². The Morgan fingerprint density at radius 3 is 1.75 bits per heavy atom. The summed E-state index contributed by atoms with van der Waals surface area (Å²) in [5.41, 5.74) is 0. The molecule has 0 aliphatic carbocycles. The first-order valence-electron chi connectivity index (χ1n) is 13.0. The van der Waals surface area contributed by atoms with Gasteiger partial charge in [0.25, 0.3) is 0 Å². The number of ether oxygens (including phenoxy) is 2. The molecule has 3 aromatic rings. The molecule has 32 heavy (non-hydrogen) atoms. The highest BCUT2D eigenvalue weighted by Crippen LogP contribution is 2.38. The van der Waals surface area contributed by atoms with Crippen molar-refractivity contribution in [2.24, 2.45) is 0 Å². The Hall–Kier alpha value is -2.22. The number of rotatable bonds is 16. The first-order chi connectivity index (χ1) is 15.8. The third-order valence-electron chi connectivity index (χ3n) is 6.30. The zero-order chi connectivity index (χ0) is 22.4. The summed E-state index contributed by atoms with van der Waals surface area (Å²) < 4.78 is 12.6. The van der Waals surface area contributed by atoms with Gasteiger partial charge in [0.2, 0.25) is 0 Å². The lowest BCUT2D eigenvalue weighted by molar-refractivity contribution is 0.261. The van der Waals surface area contributed by atoms with Crippen molar-refractivity contribution in [1.29, 1.82) is 0 Å². The van der Waals surface area contributed by atoms with E-state index in [0.29, 0.717) is 0 Å². The van der Waals surface area contributed by atoms with Gasteiger partial charge in [0.05, 0.1) is 13.2 Å². The van der Waals surface area contributed by atoms with Crippen molar-refractivity contribution < 1.29 is 9.47 Å². The zero-order valence-electron chi connectivity index (χ0n) is 20.3. The monoisotopic (exact) mass is 434 g/mol. The average Bonchev–Trinajstić information content (AvgIpc) is 2.82. The van der Waals surface area contributed by atoms with Gasteiger partial charge in [-0.05, 0) is 47.2 Å². The molecule has 174 valence electrons. The molecule has 0 radical (unpaired) electrons. The Morgan fingerprint density at radius 2 is 1.09 bits per heavy atom. The van der Waals surface area contributed by atoms with Gasteiger partial charge >= 0.3 is 0 Å². The molecule has 3 rings (SSSR count). The third-order valence-corrected chi connectivity index (χ3v) is 6.30. The van der Waals surface area contributed by atoms with Crippen LogP contribution in [0.3, 0.4) is 0 Å². The molecule has 0 N–H and O–H groups in total. The molecule has 0 saturated heterocycles. The Balaban J connectivity index is 1.68. The lowest BCUT2D eigenvalue weighted by atomic mass is 10.0. The van der Waals surface area contributed by atoms with Gasteiger partial charge in [-0.2, -0.15) is 0 Å². The van der Waals surface area contributed by atoms with Gasteiger partial charge in [-0.25, -0.2) is 0 Å². The van der Waals surface area contributed by atoms with Gasteiger partial charge in [-0.3, -0.25) is 0 Å². The summed E-state index contributed by atoms with van der Waals surface area (Å²) in [7, 11) is 0. The van der Waals surface area contributed by atoms with Crippen LogP contribution < -0.4 is 9.47 Å². The maximum Gasteiger partial charge on any atom is 0.168 e. The number of fused-ring (bicyclic) bond motifs is 2. The molecule has 0 unspecified atom stereocenters. The molecule has 0 aliphatic rings. The molecular formula is C30H42O2. The fourth-order valence-corrected chi connectivity index (χ4v) is 4.35. The van der Waals surface area contributed by atoms with Gasteiger partial charge < -0.3 is 9.47 Å². The van der Waals surface area contributed by atoms with Crippen LogP contribution in [0.25, 0.3) is 21.5 Å². The van der Waals surface area contributed by atoms with Crippen LogP contribution in [0.1, 0.15) is 90.9 Å². The molecule has 0 aromatic heterocycles. The minimum absolute atomic E-state index is 0.755. The van der Waals surface area contributed by atoms with Crippen LogP contribution in [-0.2, 0) is 0 Å². The predicted molar refractivity (Wildman–Crippen MR) is 139 cm³/mol. The van der Waals surface area contributed by atoms with Crippen LogP contribution in [0.15, 0.2) is 48.5 Å². The molecule has 0 heterocycles. The van der Waals surface area contributed by atoms with E-state index in [1.165, 1.54) is 80.4 Å². The van der Waals surface area contributed by atoms with Crippen molar-refractivity contribution in [3.63, 3.8) is 0 Å². The Bertz CT molecular complexity index is 931. The second-order valence-corrected chi connectivity index (χ2v) is 9.05. The van der Waals surface area contributed by atoms with Crippen LogP contribution in [0.5, 0.6) is 11.5 Å². The summed E-state index contributed by atoms with van der Waals surface area (Å²) in [4.78, 5) is 0. The number of benzene rings is 3. The summed E-state index contributed by atoms with van der Waals surface area (Å²) in [6, 6.07) is 17.4. The SMILES string of the molecule is CCCCCCCCOc1ccc2cc3ccccc3cc2c1OCCCCCCCC. The lowest BCUT2D eigenvalue weighted by Crippen LogP contribution is -2.03. The summed E-state index contributed by atoms with van der Waals surface area (Å²) >= 11 is 0. The minimum Gasteiger partial charge on any atom is -0.490 e. The van der Waals surface area contributed by atoms with Gasteiger partial charge in [0, 0.05) is 5.39 Å². The molecule has 0 spiro atoms. The first kappa shape index (κ1) is 24.4. The molecule has 0 fully saturated rings. The van der Waals surface area contributed by atoms with Gasteiger partial charge in [0.15, 0.2) is 11.5 Å².